The van der Waals surface area contributed by atoms with Gasteiger partial charge in [-0.25, -0.2) is 9.59 Å². The van der Waals surface area contributed by atoms with Gasteiger partial charge in [-0.05, 0) is 37.1 Å². The number of carbonyl (C=O) groups excluding carboxylic acids is 2. The van der Waals surface area contributed by atoms with E-state index in [4.69, 9.17) is 14.2 Å². The Labute approximate surface area is 154 Å². The van der Waals surface area contributed by atoms with Crippen LogP contribution in [0.15, 0.2) is 36.9 Å². The van der Waals surface area contributed by atoms with Gasteiger partial charge in [0, 0.05) is 32.5 Å². The van der Waals surface area contributed by atoms with E-state index in [1.807, 2.05) is 31.1 Å². The van der Waals surface area contributed by atoms with Crippen molar-refractivity contribution in [1.82, 2.24) is 0 Å². The van der Waals surface area contributed by atoms with Crippen LogP contribution in [-0.4, -0.2) is 63.7 Å². The molecule has 0 spiro atoms. The maximum atomic E-state index is 11.9. The van der Waals surface area contributed by atoms with Crippen LogP contribution in [0.1, 0.15) is 23.2 Å². The van der Waals surface area contributed by atoms with Crippen LogP contribution >= 0.6 is 0 Å². The van der Waals surface area contributed by atoms with Crippen LogP contribution in [0.2, 0.25) is 0 Å². The van der Waals surface area contributed by atoms with E-state index in [-0.39, 0.29) is 13.2 Å². The van der Waals surface area contributed by atoms with Gasteiger partial charge >= 0.3 is 11.9 Å². The molecule has 26 heavy (non-hydrogen) atoms. The number of hydrogen-bond acceptors (Lipinski definition) is 7. The Morgan fingerprint density at radius 2 is 1.77 bits per heavy atom. The fraction of sp³-hybridized carbons (Fsp3) is 0.474. The van der Waals surface area contributed by atoms with Crippen LogP contribution in [0.3, 0.4) is 0 Å². The normalized spacial score (nSPS) is 11.5. The van der Waals surface area contributed by atoms with E-state index in [1.54, 1.807) is 12.1 Å². The molecule has 1 unspecified atom stereocenters. The molecule has 7 nitrogen and oxygen atoms in total. The second-order valence-corrected chi connectivity index (χ2v) is 5.85. The maximum absolute atomic E-state index is 11.9. The van der Waals surface area contributed by atoms with Gasteiger partial charge < -0.3 is 24.2 Å². The van der Waals surface area contributed by atoms with E-state index < -0.39 is 18.0 Å². The predicted octanol–water partition coefficient (Wildman–Crippen LogP) is 1.80. The Morgan fingerprint density at radius 1 is 1.12 bits per heavy atom. The molecule has 1 aromatic carbocycles. The highest BCUT2D eigenvalue weighted by molar-refractivity contribution is 5.89. The van der Waals surface area contributed by atoms with Gasteiger partial charge in [0.1, 0.15) is 12.7 Å². The molecule has 7 heteroatoms. The summed E-state index contributed by atoms with van der Waals surface area (Å²) in [5, 5.41) is 9.78. The average Bonchev–Trinajstić information content (AvgIpc) is 2.65. The fourth-order valence-electron chi connectivity index (χ4n) is 1.96. The molecular formula is C19H27NO6. The van der Waals surface area contributed by atoms with E-state index in [0.717, 1.165) is 11.8 Å². The lowest BCUT2D eigenvalue weighted by Gasteiger charge is -2.14. The first kappa shape index (κ1) is 21.7. The SMILES string of the molecule is C=CC(=O)OCCCCOCC(O)COC(=O)c1ccc(N(C)C)cc1. The first-order chi connectivity index (χ1) is 12.4. The number of unbranched alkanes of at least 4 members (excludes halogenated alkanes) is 1. The van der Waals surface area contributed by atoms with Crippen molar-refractivity contribution in [2.75, 3.05) is 45.4 Å². The van der Waals surface area contributed by atoms with Crippen LogP contribution in [0.25, 0.3) is 0 Å². The molecular weight excluding hydrogens is 338 g/mol. The Balaban J connectivity index is 2.13. The topological polar surface area (TPSA) is 85.3 Å². The second-order valence-electron chi connectivity index (χ2n) is 5.85. The molecule has 0 amide bonds. The number of esters is 2. The minimum absolute atomic E-state index is 0.0687. The van der Waals surface area contributed by atoms with Crippen LogP contribution in [0, 0.1) is 0 Å². The highest BCUT2D eigenvalue weighted by atomic mass is 16.5. The number of carbonyl (C=O) groups is 2. The molecule has 0 heterocycles. The summed E-state index contributed by atoms with van der Waals surface area (Å²) < 4.78 is 15.2. The highest BCUT2D eigenvalue weighted by Crippen LogP contribution is 2.13. The second kappa shape index (κ2) is 12.1. The predicted molar refractivity (Wildman–Crippen MR) is 98.3 cm³/mol. The zero-order chi connectivity index (χ0) is 19.4. The van der Waals surface area contributed by atoms with Crippen molar-refractivity contribution in [2.45, 2.75) is 18.9 Å². The van der Waals surface area contributed by atoms with Crippen LogP contribution in [-0.2, 0) is 19.0 Å². The lowest BCUT2D eigenvalue weighted by Crippen LogP contribution is -2.24. The van der Waals surface area contributed by atoms with Crippen molar-refractivity contribution in [1.29, 1.82) is 0 Å². The molecule has 1 rings (SSSR count). The number of anilines is 1. The molecule has 0 aliphatic rings. The summed E-state index contributed by atoms with van der Waals surface area (Å²) in [6, 6.07) is 7.00. The summed E-state index contributed by atoms with van der Waals surface area (Å²) in [5.74, 6) is -0.932. The van der Waals surface area contributed by atoms with E-state index >= 15 is 0 Å². The van der Waals surface area contributed by atoms with E-state index in [1.165, 1.54) is 0 Å². The molecule has 0 saturated heterocycles. The van der Waals surface area contributed by atoms with E-state index in [0.29, 0.717) is 31.6 Å². The van der Waals surface area contributed by atoms with Gasteiger partial charge in [0.2, 0.25) is 0 Å². The lowest BCUT2D eigenvalue weighted by atomic mass is 10.2. The van der Waals surface area contributed by atoms with Gasteiger partial charge in [0.25, 0.3) is 0 Å². The molecule has 0 radical (unpaired) electrons. The first-order valence-corrected chi connectivity index (χ1v) is 8.43. The maximum Gasteiger partial charge on any atom is 0.338 e. The molecule has 0 aromatic heterocycles. The summed E-state index contributed by atoms with van der Waals surface area (Å²) in [4.78, 5) is 24.7. The molecule has 1 aromatic rings. The van der Waals surface area contributed by atoms with Crippen molar-refractivity contribution in [3.63, 3.8) is 0 Å². The summed E-state index contributed by atoms with van der Waals surface area (Å²) >= 11 is 0. The summed E-state index contributed by atoms with van der Waals surface area (Å²) in [6.45, 7) is 3.96. The minimum atomic E-state index is -0.890. The molecule has 1 N–H and O–H groups in total. The number of ether oxygens (including phenoxy) is 3. The van der Waals surface area contributed by atoms with Gasteiger partial charge in [-0.1, -0.05) is 6.58 Å². The quantitative estimate of drug-likeness (QED) is 0.343. The van der Waals surface area contributed by atoms with Gasteiger partial charge in [-0.2, -0.15) is 0 Å². The highest BCUT2D eigenvalue weighted by Gasteiger charge is 2.11. The lowest BCUT2D eigenvalue weighted by molar-refractivity contribution is -0.137. The Bertz CT molecular complexity index is 570. The molecule has 0 bridgehead atoms. The van der Waals surface area contributed by atoms with Gasteiger partial charge in [-0.3, -0.25) is 0 Å². The Hall–Kier alpha value is -2.38. The van der Waals surface area contributed by atoms with Crippen LogP contribution in [0.5, 0.6) is 0 Å². The van der Waals surface area contributed by atoms with Crippen molar-refractivity contribution >= 4 is 17.6 Å². The third-order valence-electron chi connectivity index (χ3n) is 3.43. The van der Waals surface area contributed by atoms with Crippen molar-refractivity contribution in [3.8, 4) is 0 Å². The van der Waals surface area contributed by atoms with E-state index in [9.17, 15) is 14.7 Å². The number of benzene rings is 1. The van der Waals surface area contributed by atoms with Crippen molar-refractivity contribution < 1.29 is 28.9 Å². The summed E-state index contributed by atoms with van der Waals surface area (Å²) in [7, 11) is 3.83. The standard InChI is InChI=1S/C19H27NO6/c1-4-18(22)25-12-6-5-11-24-13-17(21)14-26-19(23)15-7-9-16(10-8-15)20(2)3/h4,7-10,17,21H,1,5-6,11-14H2,2-3H3. The van der Waals surface area contributed by atoms with Gasteiger partial charge in [-0.15, -0.1) is 0 Å². The Kier molecular flexibility index (Phi) is 10.0. The van der Waals surface area contributed by atoms with Gasteiger partial charge in [0.05, 0.1) is 18.8 Å². The first-order valence-electron chi connectivity index (χ1n) is 8.43. The Morgan fingerprint density at radius 3 is 2.38 bits per heavy atom. The molecule has 0 aliphatic carbocycles. The molecule has 1 atom stereocenters. The zero-order valence-electron chi connectivity index (χ0n) is 15.3. The molecule has 0 saturated carbocycles. The smallest absolute Gasteiger partial charge is 0.338 e. The van der Waals surface area contributed by atoms with Crippen molar-refractivity contribution in [2.24, 2.45) is 0 Å². The number of rotatable bonds is 12. The monoisotopic (exact) mass is 365 g/mol. The zero-order valence-corrected chi connectivity index (χ0v) is 15.3. The number of aliphatic hydroxyl groups excluding tert-OH is 1. The van der Waals surface area contributed by atoms with Crippen molar-refractivity contribution in [3.05, 3.63) is 42.5 Å². The molecule has 0 fully saturated rings. The number of aliphatic hydroxyl groups is 1. The average molecular weight is 365 g/mol. The number of hydrogen-bond donors (Lipinski definition) is 1. The fourth-order valence-corrected chi connectivity index (χ4v) is 1.96. The van der Waals surface area contributed by atoms with Crippen LogP contribution < -0.4 is 4.90 Å². The summed E-state index contributed by atoms with van der Waals surface area (Å²) in [5.41, 5.74) is 1.41. The summed E-state index contributed by atoms with van der Waals surface area (Å²) in [6.07, 6.45) is 1.58. The largest absolute Gasteiger partial charge is 0.463 e. The molecule has 0 aliphatic heterocycles. The van der Waals surface area contributed by atoms with Gasteiger partial charge in [0.15, 0.2) is 0 Å². The van der Waals surface area contributed by atoms with E-state index in [2.05, 4.69) is 6.58 Å². The third kappa shape index (κ3) is 8.64. The number of nitrogens with zero attached hydrogens (tertiary/aromatic N) is 1. The van der Waals surface area contributed by atoms with Crippen LogP contribution in [0.4, 0.5) is 5.69 Å². The molecule has 144 valence electrons. The minimum Gasteiger partial charge on any atom is -0.463 e. The third-order valence-corrected chi connectivity index (χ3v) is 3.43.